The predicted molar refractivity (Wildman–Crippen MR) is 70.7 cm³/mol. The zero-order chi connectivity index (χ0) is 12.4. The molecule has 3 rings (SSSR count). The molecule has 3 nitrogen and oxygen atoms in total. The Hall–Kier alpha value is -2.20. The topological polar surface area (TPSA) is 21.7 Å². The van der Waals surface area contributed by atoms with Gasteiger partial charge in [-0.25, -0.2) is 4.57 Å². The normalized spacial score (nSPS) is 10.4. The van der Waals surface area contributed by atoms with Gasteiger partial charge in [0.15, 0.2) is 5.16 Å². The number of benzene rings is 2. The maximum absolute atomic E-state index is 5.29. The second-order valence-electron chi connectivity index (χ2n) is 3.88. The Morgan fingerprint density at radius 1 is 0.889 bits per heavy atom. The van der Waals surface area contributed by atoms with E-state index in [1.54, 1.807) is 4.68 Å². The second-order valence-corrected chi connectivity index (χ2v) is 4.25. The lowest BCUT2D eigenvalue weighted by Gasteiger charge is -2.00. The Morgan fingerprint density at radius 2 is 1.50 bits per heavy atom. The Balaban J connectivity index is 2.07. The number of rotatable bonds is 2. The molecule has 0 atom stereocenters. The van der Waals surface area contributed by atoms with Crippen molar-refractivity contribution in [2.75, 3.05) is 0 Å². The van der Waals surface area contributed by atoms with Gasteiger partial charge in [-0.3, -0.25) is 0 Å². The number of hydrogen-bond donors (Lipinski definition) is 0. The first-order valence-electron chi connectivity index (χ1n) is 5.64. The maximum atomic E-state index is 5.29. The predicted octanol–water partition coefficient (Wildman–Crippen LogP) is 2.05. The van der Waals surface area contributed by atoms with E-state index in [4.69, 9.17) is 12.6 Å². The Bertz CT molecular complexity index is 647. The molecule has 0 unspecified atom stereocenters. The molecule has 3 aromatic rings. The van der Waals surface area contributed by atoms with Gasteiger partial charge in [-0.2, -0.15) is 0 Å². The standard InChI is InChI=1S/C14H11N3S/c18-14-15-17(13-9-5-2-6-10-13)11-16(14)12-7-3-1-4-8-12/h1-11H. The summed E-state index contributed by atoms with van der Waals surface area (Å²) in [5.41, 5.74) is 2.02. The number of hydrogen-bond acceptors (Lipinski definition) is 2. The SMILES string of the molecule is [S-]c1nn(-c2ccccc2)c[n+]1-c1ccccc1. The minimum Gasteiger partial charge on any atom is -0.702 e. The average molecular weight is 253 g/mol. The first-order chi connectivity index (χ1) is 8.84. The second kappa shape index (κ2) is 4.58. The third kappa shape index (κ3) is 1.98. The van der Waals surface area contributed by atoms with Crippen LogP contribution < -0.4 is 4.57 Å². The van der Waals surface area contributed by atoms with E-state index in [2.05, 4.69) is 5.10 Å². The summed E-state index contributed by atoms with van der Waals surface area (Å²) < 4.78 is 3.68. The van der Waals surface area contributed by atoms with Crippen molar-refractivity contribution in [1.29, 1.82) is 0 Å². The highest BCUT2D eigenvalue weighted by Gasteiger charge is 2.10. The van der Waals surface area contributed by atoms with E-state index in [0.717, 1.165) is 11.4 Å². The quantitative estimate of drug-likeness (QED) is 0.515. The molecule has 0 saturated heterocycles. The van der Waals surface area contributed by atoms with Gasteiger partial charge in [0.05, 0.1) is 0 Å². The van der Waals surface area contributed by atoms with Crippen LogP contribution in [0.4, 0.5) is 0 Å². The van der Waals surface area contributed by atoms with Crippen LogP contribution in [0.3, 0.4) is 0 Å². The first-order valence-corrected chi connectivity index (χ1v) is 6.04. The molecule has 4 heteroatoms. The fourth-order valence-electron chi connectivity index (χ4n) is 1.80. The highest BCUT2D eigenvalue weighted by atomic mass is 32.1. The van der Waals surface area contributed by atoms with E-state index in [1.165, 1.54) is 0 Å². The van der Waals surface area contributed by atoms with Gasteiger partial charge in [-0.15, -0.1) is 0 Å². The number of aromatic nitrogens is 3. The zero-order valence-corrected chi connectivity index (χ0v) is 10.4. The van der Waals surface area contributed by atoms with Crippen molar-refractivity contribution in [2.45, 2.75) is 5.16 Å². The highest BCUT2D eigenvalue weighted by molar-refractivity contribution is 7.58. The van der Waals surface area contributed by atoms with E-state index >= 15 is 0 Å². The molecule has 0 radical (unpaired) electrons. The zero-order valence-electron chi connectivity index (χ0n) is 9.60. The van der Waals surface area contributed by atoms with E-state index in [-0.39, 0.29) is 0 Å². The molecule has 0 aliphatic rings. The van der Waals surface area contributed by atoms with Crippen molar-refractivity contribution in [2.24, 2.45) is 0 Å². The minimum absolute atomic E-state index is 0.546. The minimum atomic E-state index is 0.546. The molecule has 0 saturated carbocycles. The van der Waals surface area contributed by atoms with Crippen LogP contribution in [0.5, 0.6) is 0 Å². The van der Waals surface area contributed by atoms with Gasteiger partial charge in [-0.1, -0.05) is 41.1 Å². The molecule has 0 N–H and O–H groups in total. The summed E-state index contributed by atoms with van der Waals surface area (Å²) >= 11 is 5.29. The van der Waals surface area contributed by atoms with Gasteiger partial charge in [-0.05, 0) is 24.3 Å². The largest absolute Gasteiger partial charge is 0.702 e. The lowest BCUT2D eigenvalue weighted by molar-refractivity contribution is -0.636. The molecule has 0 spiro atoms. The third-order valence-electron chi connectivity index (χ3n) is 2.68. The monoisotopic (exact) mass is 253 g/mol. The smallest absolute Gasteiger partial charge is 0.232 e. The summed E-state index contributed by atoms with van der Waals surface area (Å²) in [6.45, 7) is 0. The highest BCUT2D eigenvalue weighted by Crippen LogP contribution is 2.06. The van der Waals surface area contributed by atoms with Crippen LogP contribution >= 0.6 is 0 Å². The molecule has 0 bridgehead atoms. The van der Waals surface area contributed by atoms with Crippen LogP contribution in [0.1, 0.15) is 0 Å². The van der Waals surface area contributed by atoms with E-state index in [9.17, 15) is 0 Å². The molecule has 1 aromatic heterocycles. The molecular weight excluding hydrogens is 242 g/mol. The van der Waals surface area contributed by atoms with E-state index in [0.29, 0.717) is 5.16 Å². The molecular formula is C14H11N3S. The van der Waals surface area contributed by atoms with E-state index < -0.39 is 0 Å². The first kappa shape index (κ1) is 10.9. The molecule has 2 aromatic carbocycles. The van der Waals surface area contributed by atoms with Gasteiger partial charge in [0.1, 0.15) is 11.4 Å². The Kier molecular flexibility index (Phi) is 2.78. The Labute approximate surface area is 111 Å². The lowest BCUT2D eigenvalue weighted by Crippen LogP contribution is -2.30. The van der Waals surface area contributed by atoms with Crippen LogP contribution in [0.2, 0.25) is 0 Å². The van der Waals surface area contributed by atoms with Gasteiger partial charge >= 0.3 is 0 Å². The van der Waals surface area contributed by atoms with Crippen molar-refractivity contribution in [3.05, 3.63) is 67.0 Å². The van der Waals surface area contributed by atoms with Crippen LogP contribution in [0.15, 0.2) is 72.1 Å². The van der Waals surface area contributed by atoms with Gasteiger partial charge in [0, 0.05) is 5.10 Å². The summed E-state index contributed by atoms with van der Waals surface area (Å²) in [6.07, 6.45) is 1.90. The summed E-state index contributed by atoms with van der Waals surface area (Å²) in [7, 11) is 0. The van der Waals surface area contributed by atoms with Gasteiger partial charge < -0.3 is 12.6 Å². The van der Waals surface area contributed by atoms with Crippen molar-refractivity contribution in [3.8, 4) is 11.4 Å². The molecule has 1 heterocycles. The summed E-state index contributed by atoms with van der Waals surface area (Å²) in [4.78, 5) is 0. The van der Waals surface area contributed by atoms with E-state index in [1.807, 2.05) is 71.6 Å². The van der Waals surface area contributed by atoms with Crippen LogP contribution in [-0.2, 0) is 12.6 Å². The average Bonchev–Trinajstić information content (AvgIpc) is 2.83. The fraction of sp³-hybridized carbons (Fsp3) is 0. The maximum Gasteiger partial charge on any atom is 0.232 e. The van der Waals surface area contributed by atoms with Crippen LogP contribution in [-0.4, -0.2) is 9.78 Å². The fourth-order valence-corrected chi connectivity index (χ4v) is 2.04. The summed E-state index contributed by atoms with van der Waals surface area (Å²) in [5, 5.41) is 4.90. The van der Waals surface area contributed by atoms with Crippen LogP contribution in [0.25, 0.3) is 11.4 Å². The van der Waals surface area contributed by atoms with Crippen LogP contribution in [0, 0.1) is 0 Å². The number of nitrogens with zero attached hydrogens (tertiary/aromatic N) is 3. The van der Waals surface area contributed by atoms with Crippen molar-refractivity contribution in [1.82, 2.24) is 9.78 Å². The summed E-state index contributed by atoms with van der Waals surface area (Å²) in [5.74, 6) is 0. The van der Waals surface area contributed by atoms with Crippen molar-refractivity contribution < 1.29 is 4.57 Å². The van der Waals surface area contributed by atoms with Gasteiger partial charge in [0.25, 0.3) is 0 Å². The molecule has 0 aliphatic carbocycles. The molecule has 88 valence electrons. The molecule has 18 heavy (non-hydrogen) atoms. The lowest BCUT2D eigenvalue weighted by atomic mass is 10.3. The molecule has 0 aliphatic heterocycles. The molecule has 0 amide bonds. The summed E-state index contributed by atoms with van der Waals surface area (Å²) in [6, 6.07) is 19.9. The molecule has 0 fully saturated rings. The van der Waals surface area contributed by atoms with Crippen molar-refractivity contribution in [3.63, 3.8) is 0 Å². The van der Waals surface area contributed by atoms with Crippen molar-refractivity contribution >= 4 is 12.6 Å². The Morgan fingerprint density at radius 3 is 2.17 bits per heavy atom. The third-order valence-corrected chi connectivity index (χ3v) is 2.96. The number of para-hydroxylation sites is 2. The van der Waals surface area contributed by atoms with Gasteiger partial charge in [0.2, 0.25) is 6.33 Å².